The Balaban J connectivity index is 2.30. The molecule has 2 heterocycles. The maximum Gasteiger partial charge on any atom is 0.145 e. The van der Waals surface area contributed by atoms with Crippen LogP contribution in [-0.4, -0.2) is 9.38 Å². The fraction of sp³-hybridized carbons (Fsp3) is 0.0625. The molecule has 0 atom stereocenters. The van der Waals surface area contributed by atoms with E-state index in [1.807, 2.05) is 0 Å². The zero-order valence-electron chi connectivity index (χ0n) is 10.1. The average Bonchev–Trinajstić information content (AvgIpc) is 2.77. The summed E-state index contributed by atoms with van der Waals surface area (Å²) < 4.78 is 2.17. The molecule has 2 aromatic carbocycles. The second-order valence-corrected chi connectivity index (χ2v) is 4.70. The number of nitrogens with zero attached hydrogens (tertiary/aromatic N) is 2. The molecule has 0 aliphatic carbocycles. The Labute approximate surface area is 104 Å². The second-order valence-electron chi connectivity index (χ2n) is 4.70. The predicted molar refractivity (Wildman–Crippen MR) is 74.9 cm³/mol. The molecule has 0 radical (unpaired) electrons. The molecule has 4 rings (SSSR count). The highest BCUT2D eigenvalue weighted by atomic mass is 15.0. The lowest BCUT2D eigenvalue weighted by Gasteiger charge is -2.00. The van der Waals surface area contributed by atoms with E-state index in [1.54, 1.807) is 0 Å². The van der Waals surface area contributed by atoms with Crippen molar-refractivity contribution in [2.24, 2.45) is 0 Å². The van der Waals surface area contributed by atoms with Crippen LogP contribution in [0.2, 0.25) is 0 Å². The molecular formula is C16H12N2. The molecule has 0 saturated heterocycles. The van der Waals surface area contributed by atoms with Crippen LogP contribution in [-0.2, 0) is 0 Å². The molecule has 18 heavy (non-hydrogen) atoms. The quantitative estimate of drug-likeness (QED) is 0.448. The van der Waals surface area contributed by atoms with Crippen molar-refractivity contribution in [2.45, 2.75) is 6.92 Å². The number of hydrogen-bond donors (Lipinski definition) is 0. The minimum atomic E-state index is 1.04. The van der Waals surface area contributed by atoms with Gasteiger partial charge in [-0.15, -0.1) is 0 Å². The van der Waals surface area contributed by atoms with E-state index in [9.17, 15) is 0 Å². The Morgan fingerprint density at radius 3 is 2.83 bits per heavy atom. The van der Waals surface area contributed by atoms with Crippen molar-refractivity contribution in [3.8, 4) is 0 Å². The van der Waals surface area contributed by atoms with Crippen molar-refractivity contribution in [3.63, 3.8) is 0 Å². The minimum absolute atomic E-state index is 1.04. The van der Waals surface area contributed by atoms with Crippen LogP contribution in [0.25, 0.3) is 27.5 Å². The second kappa shape index (κ2) is 3.33. The van der Waals surface area contributed by atoms with E-state index in [0.29, 0.717) is 0 Å². The van der Waals surface area contributed by atoms with Crippen molar-refractivity contribution in [3.05, 3.63) is 60.3 Å². The number of benzene rings is 2. The Hall–Kier alpha value is -2.35. The van der Waals surface area contributed by atoms with Crippen LogP contribution in [0.3, 0.4) is 0 Å². The first-order valence-electron chi connectivity index (χ1n) is 6.09. The van der Waals surface area contributed by atoms with Gasteiger partial charge < -0.3 is 0 Å². The molecule has 0 spiro atoms. The molecule has 0 amide bonds. The summed E-state index contributed by atoms with van der Waals surface area (Å²) >= 11 is 0. The van der Waals surface area contributed by atoms with E-state index in [-0.39, 0.29) is 0 Å². The number of hydrogen-bond acceptors (Lipinski definition) is 1. The molecule has 0 unspecified atom stereocenters. The van der Waals surface area contributed by atoms with E-state index in [4.69, 9.17) is 4.98 Å². The topological polar surface area (TPSA) is 17.3 Å². The molecule has 0 bridgehead atoms. The molecule has 2 heteroatoms. The first-order chi connectivity index (χ1) is 8.83. The van der Waals surface area contributed by atoms with E-state index < -0.39 is 0 Å². The first kappa shape index (κ1) is 9.66. The summed E-state index contributed by atoms with van der Waals surface area (Å²) in [6.45, 7) is 2.11. The molecule has 0 N–H and O–H groups in total. The van der Waals surface area contributed by atoms with Gasteiger partial charge in [0.2, 0.25) is 0 Å². The lowest BCUT2D eigenvalue weighted by atomic mass is 10.2. The van der Waals surface area contributed by atoms with E-state index in [0.717, 1.165) is 11.2 Å². The standard InChI is InChI=1S/C16H12N2/c1-11-6-7-14-15(10-11)18-9-8-12-4-2-3-5-13(12)16(18)17-14/h2-10H,1H3. The summed E-state index contributed by atoms with van der Waals surface area (Å²) in [5.74, 6) is 0. The van der Waals surface area contributed by atoms with Gasteiger partial charge in [0.05, 0.1) is 11.0 Å². The maximum atomic E-state index is 4.75. The number of rotatable bonds is 0. The summed E-state index contributed by atoms with van der Waals surface area (Å²) in [5.41, 5.74) is 4.53. The average molecular weight is 232 g/mol. The lowest BCUT2D eigenvalue weighted by Crippen LogP contribution is -1.85. The number of pyridine rings is 1. The Kier molecular flexibility index (Phi) is 1.78. The third-order valence-electron chi connectivity index (χ3n) is 3.45. The fourth-order valence-electron chi connectivity index (χ4n) is 2.54. The summed E-state index contributed by atoms with van der Waals surface area (Å²) in [4.78, 5) is 4.75. The molecule has 0 aliphatic rings. The van der Waals surface area contributed by atoms with Gasteiger partial charge in [-0.05, 0) is 36.1 Å². The van der Waals surface area contributed by atoms with Crippen LogP contribution in [0.5, 0.6) is 0 Å². The molecule has 86 valence electrons. The van der Waals surface area contributed by atoms with Crippen molar-refractivity contribution < 1.29 is 0 Å². The monoisotopic (exact) mass is 232 g/mol. The molecule has 0 fully saturated rings. The number of aryl methyl sites for hydroxylation is 1. The van der Waals surface area contributed by atoms with Crippen LogP contribution in [0.4, 0.5) is 0 Å². The van der Waals surface area contributed by atoms with Crippen molar-refractivity contribution in [2.75, 3.05) is 0 Å². The Morgan fingerprint density at radius 2 is 1.89 bits per heavy atom. The van der Waals surface area contributed by atoms with Crippen molar-refractivity contribution >= 4 is 27.5 Å². The summed E-state index contributed by atoms with van der Waals surface area (Å²) in [6, 6.07) is 16.9. The van der Waals surface area contributed by atoms with Crippen LogP contribution in [0, 0.1) is 6.92 Å². The van der Waals surface area contributed by atoms with Crippen molar-refractivity contribution in [1.82, 2.24) is 9.38 Å². The molecule has 2 nitrogen and oxygen atoms in total. The van der Waals surface area contributed by atoms with E-state index in [2.05, 4.69) is 66.1 Å². The highest BCUT2D eigenvalue weighted by Gasteiger charge is 2.07. The van der Waals surface area contributed by atoms with Gasteiger partial charge in [-0.25, -0.2) is 4.98 Å². The molecule has 4 aromatic rings. The molecule has 0 saturated carbocycles. The van der Waals surface area contributed by atoms with Gasteiger partial charge in [-0.3, -0.25) is 4.40 Å². The van der Waals surface area contributed by atoms with Gasteiger partial charge in [-0.2, -0.15) is 0 Å². The Morgan fingerprint density at radius 1 is 1.00 bits per heavy atom. The smallest absolute Gasteiger partial charge is 0.145 e. The zero-order valence-corrected chi connectivity index (χ0v) is 10.1. The number of imidazole rings is 1. The zero-order chi connectivity index (χ0) is 12.1. The summed E-state index contributed by atoms with van der Waals surface area (Å²) in [6.07, 6.45) is 2.10. The predicted octanol–water partition coefficient (Wildman–Crippen LogP) is 3.95. The normalized spacial score (nSPS) is 11.6. The Bertz CT molecular complexity index is 887. The molecule has 2 aromatic heterocycles. The minimum Gasteiger partial charge on any atom is -0.299 e. The largest absolute Gasteiger partial charge is 0.299 e. The number of fused-ring (bicyclic) bond motifs is 5. The van der Waals surface area contributed by atoms with Gasteiger partial charge in [0.25, 0.3) is 0 Å². The summed E-state index contributed by atoms with van der Waals surface area (Å²) in [5, 5.41) is 2.44. The van der Waals surface area contributed by atoms with Crippen LogP contribution >= 0.6 is 0 Å². The van der Waals surface area contributed by atoms with Gasteiger partial charge in [-0.1, -0.05) is 30.3 Å². The fourth-order valence-corrected chi connectivity index (χ4v) is 2.54. The molecular weight excluding hydrogens is 220 g/mol. The van der Waals surface area contributed by atoms with Crippen LogP contribution in [0.1, 0.15) is 5.56 Å². The lowest BCUT2D eigenvalue weighted by molar-refractivity contribution is 1.24. The van der Waals surface area contributed by atoms with Gasteiger partial charge in [0.1, 0.15) is 5.65 Å². The SMILES string of the molecule is Cc1ccc2nc3c4ccccc4ccn3c2c1. The van der Waals surface area contributed by atoms with Crippen LogP contribution < -0.4 is 0 Å². The van der Waals surface area contributed by atoms with E-state index >= 15 is 0 Å². The molecule has 0 aliphatic heterocycles. The van der Waals surface area contributed by atoms with Crippen molar-refractivity contribution in [1.29, 1.82) is 0 Å². The van der Waals surface area contributed by atoms with Gasteiger partial charge in [0, 0.05) is 11.6 Å². The number of aromatic nitrogens is 2. The van der Waals surface area contributed by atoms with Crippen LogP contribution in [0.15, 0.2) is 54.7 Å². The van der Waals surface area contributed by atoms with Gasteiger partial charge in [0.15, 0.2) is 0 Å². The summed E-state index contributed by atoms with van der Waals surface area (Å²) in [7, 11) is 0. The third-order valence-corrected chi connectivity index (χ3v) is 3.45. The first-order valence-corrected chi connectivity index (χ1v) is 6.09. The third kappa shape index (κ3) is 1.20. The highest BCUT2D eigenvalue weighted by molar-refractivity contribution is 5.98. The maximum absolute atomic E-state index is 4.75. The van der Waals surface area contributed by atoms with Gasteiger partial charge >= 0.3 is 0 Å². The van der Waals surface area contributed by atoms with E-state index in [1.165, 1.54) is 21.9 Å². The highest BCUT2D eigenvalue weighted by Crippen LogP contribution is 2.24.